The molecule has 150 valence electrons. The maximum absolute atomic E-state index is 12.8. The Morgan fingerprint density at radius 2 is 2.10 bits per heavy atom. The third-order valence-corrected chi connectivity index (χ3v) is 4.75. The summed E-state index contributed by atoms with van der Waals surface area (Å²) in [7, 11) is 1.47. The molecule has 1 aliphatic heterocycles. The minimum Gasteiger partial charge on any atom is -0.496 e. The van der Waals surface area contributed by atoms with Crippen molar-refractivity contribution in [3.8, 4) is 11.4 Å². The number of halogens is 1. The van der Waals surface area contributed by atoms with Crippen molar-refractivity contribution in [3.63, 3.8) is 0 Å². The van der Waals surface area contributed by atoms with E-state index in [-0.39, 0.29) is 11.5 Å². The van der Waals surface area contributed by atoms with Gasteiger partial charge in [0.15, 0.2) is 0 Å². The number of nitrogens with one attached hydrogen (secondary N) is 1. The van der Waals surface area contributed by atoms with Crippen LogP contribution in [-0.4, -0.2) is 64.5 Å². The second kappa shape index (κ2) is 8.41. The Balaban J connectivity index is 1.52. The van der Waals surface area contributed by atoms with Gasteiger partial charge in [-0.2, -0.15) is 4.68 Å². The Morgan fingerprint density at radius 3 is 2.76 bits per heavy atom. The van der Waals surface area contributed by atoms with E-state index in [0.29, 0.717) is 35.4 Å². The van der Waals surface area contributed by atoms with Crippen molar-refractivity contribution in [1.82, 2.24) is 25.2 Å². The number of anilines is 2. The highest BCUT2D eigenvalue weighted by molar-refractivity contribution is 6.33. The molecule has 1 aromatic carbocycles. The molecule has 3 aromatic rings. The Labute approximate surface area is 171 Å². The number of ether oxygens (including phenoxy) is 2. The minimum atomic E-state index is -0.368. The first-order valence-electron chi connectivity index (χ1n) is 8.86. The highest BCUT2D eigenvalue weighted by atomic mass is 35.5. The molecule has 0 bridgehead atoms. The summed E-state index contributed by atoms with van der Waals surface area (Å²) in [5, 5.41) is 14.1. The van der Waals surface area contributed by atoms with Gasteiger partial charge in [0.25, 0.3) is 5.91 Å². The average molecular weight is 416 g/mol. The number of hydrogen-bond acceptors (Lipinski definition) is 8. The lowest BCUT2D eigenvalue weighted by Gasteiger charge is -2.27. The molecule has 0 aliphatic carbocycles. The fraction of sp³-hybridized carbons (Fsp3) is 0.278. The van der Waals surface area contributed by atoms with Crippen molar-refractivity contribution >= 4 is 29.0 Å². The smallest absolute Gasteiger partial charge is 0.259 e. The van der Waals surface area contributed by atoms with Crippen LogP contribution >= 0.6 is 11.6 Å². The Hall–Kier alpha value is -3.24. The SMILES string of the molecule is COc1cc(-n2cnnn2)c(Cl)cc1C(=O)Nc1ccc(N2CCOCC2)nc1. The van der Waals surface area contributed by atoms with Gasteiger partial charge in [0, 0.05) is 19.2 Å². The molecule has 1 N–H and O–H groups in total. The summed E-state index contributed by atoms with van der Waals surface area (Å²) >= 11 is 6.32. The number of benzene rings is 1. The number of morpholine rings is 1. The number of tetrazole rings is 1. The van der Waals surface area contributed by atoms with Crippen molar-refractivity contribution in [2.75, 3.05) is 43.6 Å². The minimum absolute atomic E-state index is 0.284. The lowest BCUT2D eigenvalue weighted by Crippen LogP contribution is -2.36. The molecular formula is C18H18ClN7O3. The normalized spacial score (nSPS) is 13.9. The average Bonchev–Trinajstić information content (AvgIpc) is 3.29. The maximum Gasteiger partial charge on any atom is 0.259 e. The second-order valence-electron chi connectivity index (χ2n) is 6.22. The predicted molar refractivity (Wildman–Crippen MR) is 106 cm³/mol. The van der Waals surface area contributed by atoms with E-state index in [1.165, 1.54) is 24.2 Å². The molecule has 1 saturated heterocycles. The molecule has 0 saturated carbocycles. The highest BCUT2D eigenvalue weighted by Crippen LogP contribution is 2.30. The monoisotopic (exact) mass is 415 g/mol. The Bertz CT molecular complexity index is 989. The van der Waals surface area contributed by atoms with Gasteiger partial charge in [-0.15, -0.1) is 5.10 Å². The van der Waals surface area contributed by atoms with Gasteiger partial charge >= 0.3 is 0 Å². The molecule has 4 rings (SSSR count). The zero-order valence-corrected chi connectivity index (χ0v) is 16.3. The zero-order valence-electron chi connectivity index (χ0n) is 15.6. The number of carbonyl (C=O) groups excluding carboxylic acids is 1. The van der Waals surface area contributed by atoms with Gasteiger partial charge in [-0.25, -0.2) is 4.98 Å². The molecule has 1 amide bonds. The first-order chi connectivity index (χ1) is 14.2. The highest BCUT2D eigenvalue weighted by Gasteiger charge is 2.18. The lowest BCUT2D eigenvalue weighted by molar-refractivity contribution is 0.102. The van der Waals surface area contributed by atoms with Gasteiger partial charge in [0.1, 0.15) is 17.9 Å². The Kier molecular flexibility index (Phi) is 5.54. The second-order valence-corrected chi connectivity index (χ2v) is 6.62. The van der Waals surface area contributed by atoms with Crippen molar-refractivity contribution in [1.29, 1.82) is 0 Å². The molecule has 0 radical (unpaired) electrons. The number of carbonyl (C=O) groups is 1. The quantitative estimate of drug-likeness (QED) is 0.672. The van der Waals surface area contributed by atoms with E-state index in [2.05, 4.69) is 30.7 Å². The van der Waals surface area contributed by atoms with Crippen LogP contribution in [0, 0.1) is 0 Å². The first-order valence-corrected chi connectivity index (χ1v) is 9.24. The summed E-state index contributed by atoms with van der Waals surface area (Å²) in [5.41, 5.74) is 1.35. The van der Waals surface area contributed by atoms with E-state index in [0.717, 1.165) is 18.9 Å². The fourth-order valence-electron chi connectivity index (χ4n) is 2.97. The third-order valence-electron chi connectivity index (χ3n) is 4.45. The van der Waals surface area contributed by atoms with Crippen LogP contribution in [0.3, 0.4) is 0 Å². The lowest BCUT2D eigenvalue weighted by atomic mass is 10.1. The number of aromatic nitrogens is 5. The largest absolute Gasteiger partial charge is 0.496 e. The molecule has 1 fully saturated rings. The molecule has 1 aliphatic rings. The molecular weight excluding hydrogens is 398 g/mol. The van der Waals surface area contributed by atoms with E-state index in [1.54, 1.807) is 18.3 Å². The summed E-state index contributed by atoms with van der Waals surface area (Å²) in [5.74, 6) is 0.820. The number of pyridine rings is 1. The van der Waals surface area contributed by atoms with E-state index in [4.69, 9.17) is 21.1 Å². The zero-order chi connectivity index (χ0) is 20.2. The molecule has 0 unspecified atom stereocenters. The van der Waals surface area contributed by atoms with Crippen LogP contribution in [0.25, 0.3) is 5.69 Å². The molecule has 0 spiro atoms. The van der Waals surface area contributed by atoms with Gasteiger partial charge in [0.05, 0.1) is 48.5 Å². The van der Waals surface area contributed by atoms with Crippen LogP contribution in [-0.2, 0) is 4.74 Å². The molecule has 11 heteroatoms. The van der Waals surface area contributed by atoms with Crippen molar-refractivity contribution in [2.45, 2.75) is 0 Å². The van der Waals surface area contributed by atoms with Gasteiger partial charge in [-0.3, -0.25) is 4.79 Å². The molecule has 3 heterocycles. The summed E-state index contributed by atoms with van der Waals surface area (Å²) < 4.78 is 12.1. The van der Waals surface area contributed by atoms with Crippen LogP contribution in [0.2, 0.25) is 5.02 Å². The van der Waals surface area contributed by atoms with Gasteiger partial charge < -0.3 is 19.7 Å². The Morgan fingerprint density at radius 1 is 1.28 bits per heavy atom. The van der Waals surface area contributed by atoms with E-state index in [1.807, 2.05) is 6.07 Å². The van der Waals surface area contributed by atoms with Crippen LogP contribution < -0.4 is 15.0 Å². The predicted octanol–water partition coefficient (Wildman–Crippen LogP) is 1.81. The summed E-state index contributed by atoms with van der Waals surface area (Å²) in [4.78, 5) is 19.3. The van der Waals surface area contributed by atoms with E-state index < -0.39 is 0 Å². The molecule has 10 nitrogen and oxygen atoms in total. The van der Waals surface area contributed by atoms with Crippen molar-refractivity contribution < 1.29 is 14.3 Å². The van der Waals surface area contributed by atoms with Crippen LogP contribution in [0.1, 0.15) is 10.4 Å². The van der Waals surface area contributed by atoms with E-state index >= 15 is 0 Å². The van der Waals surface area contributed by atoms with Gasteiger partial charge in [-0.05, 0) is 28.6 Å². The van der Waals surface area contributed by atoms with Crippen molar-refractivity contribution in [2.24, 2.45) is 0 Å². The summed E-state index contributed by atoms with van der Waals surface area (Å²) in [6.45, 7) is 2.95. The van der Waals surface area contributed by atoms with Gasteiger partial charge in [0.2, 0.25) is 0 Å². The third kappa shape index (κ3) is 4.13. The van der Waals surface area contributed by atoms with Crippen LogP contribution in [0.15, 0.2) is 36.8 Å². The molecule has 2 aromatic heterocycles. The summed E-state index contributed by atoms with van der Waals surface area (Å²) in [6, 6.07) is 6.79. The van der Waals surface area contributed by atoms with E-state index in [9.17, 15) is 4.79 Å². The first kappa shape index (κ1) is 19.1. The number of hydrogen-bond donors (Lipinski definition) is 1. The summed E-state index contributed by atoms with van der Waals surface area (Å²) in [6.07, 6.45) is 3.02. The standard InChI is InChI=1S/C18H18ClN7O3/c1-28-16-9-15(26-11-21-23-24-26)14(19)8-13(16)18(27)22-12-2-3-17(20-10-12)25-4-6-29-7-5-25/h2-3,8-11H,4-7H2,1H3,(H,22,27). The maximum atomic E-state index is 12.8. The number of rotatable bonds is 5. The number of amides is 1. The van der Waals surface area contributed by atoms with Crippen molar-refractivity contribution in [3.05, 3.63) is 47.4 Å². The topological polar surface area (TPSA) is 107 Å². The fourth-order valence-corrected chi connectivity index (χ4v) is 3.22. The number of nitrogens with zero attached hydrogens (tertiary/aromatic N) is 6. The molecule has 0 atom stereocenters. The number of methoxy groups -OCH3 is 1. The van der Waals surface area contributed by atoms with Gasteiger partial charge in [-0.1, -0.05) is 11.6 Å². The molecule has 29 heavy (non-hydrogen) atoms. The van der Waals surface area contributed by atoms with Crippen LogP contribution in [0.4, 0.5) is 11.5 Å². The van der Waals surface area contributed by atoms with Crippen LogP contribution in [0.5, 0.6) is 5.75 Å².